The van der Waals surface area contributed by atoms with Crippen molar-refractivity contribution in [2.45, 2.75) is 13.0 Å². The Balaban J connectivity index is 2.20. The van der Waals surface area contributed by atoms with Gasteiger partial charge < -0.3 is 9.47 Å². The van der Waals surface area contributed by atoms with Crippen molar-refractivity contribution >= 4 is 5.97 Å². The Bertz CT molecular complexity index is 660. The highest BCUT2D eigenvalue weighted by molar-refractivity contribution is 5.89. The predicted octanol–water partition coefficient (Wildman–Crippen LogP) is 4.69. The maximum absolute atomic E-state index is 12.3. The summed E-state index contributed by atoms with van der Waals surface area (Å²) in [6, 6.07) is 18.4. The molecule has 0 aromatic heterocycles. The van der Waals surface area contributed by atoms with E-state index in [4.69, 9.17) is 9.47 Å². The van der Waals surface area contributed by atoms with E-state index in [-0.39, 0.29) is 5.97 Å². The van der Waals surface area contributed by atoms with Gasteiger partial charge in [-0.05, 0) is 36.3 Å². The number of hydrogen-bond acceptors (Lipinski definition) is 3. The van der Waals surface area contributed by atoms with Crippen LogP contribution in [0.1, 0.15) is 28.9 Å². The minimum absolute atomic E-state index is 0.384. The van der Waals surface area contributed by atoms with E-state index < -0.39 is 6.10 Å². The van der Waals surface area contributed by atoms with Crippen molar-refractivity contribution in [1.82, 2.24) is 0 Å². The molecule has 0 aliphatic rings. The summed E-state index contributed by atoms with van der Waals surface area (Å²) in [5.74, 6) is -0.384. The summed E-state index contributed by atoms with van der Waals surface area (Å²) in [5.41, 5.74) is 2.02. The maximum Gasteiger partial charge on any atom is 0.339 e. The van der Waals surface area contributed by atoms with E-state index in [0.717, 1.165) is 5.56 Å². The van der Waals surface area contributed by atoms with Gasteiger partial charge in [0.1, 0.15) is 0 Å². The van der Waals surface area contributed by atoms with Crippen LogP contribution in [0.25, 0.3) is 0 Å². The fourth-order valence-electron chi connectivity index (χ4n) is 2.05. The zero-order valence-corrected chi connectivity index (χ0v) is 13.1. The first-order valence-corrected chi connectivity index (χ1v) is 7.50. The number of hydrogen-bond donors (Lipinski definition) is 0. The molecule has 0 N–H and O–H groups in total. The number of ether oxygens (including phenoxy) is 2. The van der Waals surface area contributed by atoms with E-state index in [2.05, 4.69) is 6.58 Å². The van der Waals surface area contributed by atoms with Crippen molar-refractivity contribution < 1.29 is 14.3 Å². The third kappa shape index (κ3) is 4.85. The number of benzene rings is 2. The molecule has 2 aromatic carbocycles. The molecule has 3 heteroatoms. The summed E-state index contributed by atoms with van der Waals surface area (Å²) in [7, 11) is 0. The highest BCUT2D eigenvalue weighted by atomic mass is 16.5. The number of rotatable bonds is 7. The molecule has 0 amide bonds. The fraction of sp³-hybridized carbons (Fsp3) is 0.150. The largest absolute Gasteiger partial charge is 0.501 e. The molecule has 23 heavy (non-hydrogen) atoms. The molecule has 0 aliphatic heterocycles. The van der Waals surface area contributed by atoms with Crippen LogP contribution in [-0.4, -0.2) is 12.6 Å². The second-order valence-electron chi connectivity index (χ2n) is 4.90. The quantitative estimate of drug-likeness (QED) is 0.423. The molecule has 0 heterocycles. The van der Waals surface area contributed by atoms with Crippen molar-refractivity contribution in [2.75, 3.05) is 6.61 Å². The molecule has 0 spiro atoms. The fourth-order valence-corrected chi connectivity index (χ4v) is 2.05. The van der Waals surface area contributed by atoms with Gasteiger partial charge in [-0.1, -0.05) is 55.1 Å². The summed E-state index contributed by atoms with van der Waals surface area (Å²) in [5, 5.41) is 0. The Morgan fingerprint density at radius 1 is 1.09 bits per heavy atom. The highest BCUT2D eigenvalue weighted by Gasteiger charge is 2.19. The molecule has 2 aromatic rings. The molecule has 0 fully saturated rings. The predicted molar refractivity (Wildman–Crippen MR) is 90.9 cm³/mol. The summed E-state index contributed by atoms with van der Waals surface area (Å²) < 4.78 is 10.9. The normalized spacial score (nSPS) is 11.9. The molecule has 118 valence electrons. The van der Waals surface area contributed by atoms with Crippen molar-refractivity contribution in [3.63, 3.8) is 0 Å². The van der Waals surface area contributed by atoms with Gasteiger partial charge >= 0.3 is 5.97 Å². The zero-order valence-electron chi connectivity index (χ0n) is 13.1. The van der Waals surface area contributed by atoms with Crippen LogP contribution in [0.4, 0.5) is 0 Å². The lowest BCUT2D eigenvalue weighted by molar-refractivity contribution is 0.0377. The molecule has 1 atom stereocenters. The molecule has 0 saturated carbocycles. The smallest absolute Gasteiger partial charge is 0.339 e. The zero-order chi connectivity index (χ0) is 16.5. The van der Waals surface area contributed by atoms with Crippen LogP contribution in [0.15, 0.2) is 85.2 Å². The van der Waals surface area contributed by atoms with E-state index in [1.54, 1.807) is 36.6 Å². The summed E-state index contributed by atoms with van der Waals surface area (Å²) in [4.78, 5) is 12.3. The highest BCUT2D eigenvalue weighted by Crippen LogP contribution is 2.26. The Morgan fingerprint density at radius 2 is 1.70 bits per heavy atom. The number of carbonyl (C=O) groups is 1. The van der Waals surface area contributed by atoms with Gasteiger partial charge in [0, 0.05) is 0 Å². The standard InChI is InChI=1S/C20H20O3/c1-3-22-15-14-16(2)19(17-10-6-4-7-11-17)23-20(21)18-12-8-5-9-13-18/h4-15,19H,2-3H2,1H3/b15-14-/t19-/m0/s1. The van der Waals surface area contributed by atoms with E-state index in [1.807, 2.05) is 43.3 Å². The lowest BCUT2D eigenvalue weighted by Crippen LogP contribution is -2.13. The molecule has 0 saturated heterocycles. The summed E-state index contributed by atoms with van der Waals surface area (Å²) >= 11 is 0. The number of carbonyl (C=O) groups excluding carboxylic acids is 1. The van der Waals surface area contributed by atoms with Crippen LogP contribution in [0.3, 0.4) is 0 Å². The van der Waals surface area contributed by atoms with Gasteiger partial charge in [-0.25, -0.2) is 4.79 Å². The minimum atomic E-state index is -0.555. The second kappa shape index (κ2) is 8.59. The Labute approximate surface area is 136 Å². The summed E-state index contributed by atoms with van der Waals surface area (Å²) in [6.07, 6.45) is 2.73. The lowest BCUT2D eigenvalue weighted by atomic mass is 10.0. The van der Waals surface area contributed by atoms with Crippen molar-refractivity contribution in [2.24, 2.45) is 0 Å². The van der Waals surface area contributed by atoms with Crippen LogP contribution in [0.2, 0.25) is 0 Å². The minimum Gasteiger partial charge on any atom is -0.501 e. The van der Waals surface area contributed by atoms with Crippen LogP contribution < -0.4 is 0 Å². The first kappa shape index (κ1) is 16.6. The van der Waals surface area contributed by atoms with Crippen LogP contribution in [0, 0.1) is 0 Å². The molecule has 0 unspecified atom stereocenters. The first-order valence-electron chi connectivity index (χ1n) is 7.50. The molecule has 3 nitrogen and oxygen atoms in total. The van der Waals surface area contributed by atoms with E-state index in [0.29, 0.717) is 17.7 Å². The van der Waals surface area contributed by atoms with Gasteiger partial charge in [0.05, 0.1) is 18.4 Å². The molecule has 0 radical (unpaired) electrons. The topological polar surface area (TPSA) is 35.5 Å². The Hall–Kier alpha value is -2.81. The second-order valence-corrected chi connectivity index (χ2v) is 4.90. The SMILES string of the molecule is C=C(/C=C\OCC)[C@H](OC(=O)c1ccccc1)c1ccccc1. The molecule has 0 aliphatic carbocycles. The number of esters is 1. The van der Waals surface area contributed by atoms with Gasteiger partial charge in [-0.2, -0.15) is 0 Å². The van der Waals surface area contributed by atoms with Crippen LogP contribution in [-0.2, 0) is 9.47 Å². The van der Waals surface area contributed by atoms with Crippen molar-refractivity contribution in [3.8, 4) is 0 Å². The van der Waals surface area contributed by atoms with E-state index in [1.165, 1.54) is 0 Å². The molecule has 0 bridgehead atoms. The van der Waals surface area contributed by atoms with E-state index in [9.17, 15) is 4.79 Å². The molecular weight excluding hydrogens is 288 g/mol. The Morgan fingerprint density at radius 3 is 2.30 bits per heavy atom. The van der Waals surface area contributed by atoms with Crippen LogP contribution in [0.5, 0.6) is 0 Å². The third-order valence-electron chi connectivity index (χ3n) is 3.22. The van der Waals surface area contributed by atoms with Gasteiger partial charge in [0.15, 0.2) is 6.10 Å². The Kier molecular flexibility index (Phi) is 6.18. The van der Waals surface area contributed by atoms with Gasteiger partial charge in [0.2, 0.25) is 0 Å². The van der Waals surface area contributed by atoms with E-state index >= 15 is 0 Å². The van der Waals surface area contributed by atoms with Crippen molar-refractivity contribution in [1.29, 1.82) is 0 Å². The third-order valence-corrected chi connectivity index (χ3v) is 3.22. The summed E-state index contributed by atoms with van der Waals surface area (Å²) in [6.45, 7) is 6.48. The van der Waals surface area contributed by atoms with Gasteiger partial charge in [-0.3, -0.25) is 0 Å². The first-order chi connectivity index (χ1) is 11.2. The van der Waals surface area contributed by atoms with Gasteiger partial charge in [-0.15, -0.1) is 0 Å². The average molecular weight is 308 g/mol. The van der Waals surface area contributed by atoms with Crippen LogP contribution >= 0.6 is 0 Å². The molecular formula is C20H20O3. The molecule has 2 rings (SSSR count). The maximum atomic E-state index is 12.3. The lowest BCUT2D eigenvalue weighted by Gasteiger charge is -2.19. The van der Waals surface area contributed by atoms with Crippen molar-refractivity contribution in [3.05, 3.63) is 96.3 Å². The monoisotopic (exact) mass is 308 g/mol. The average Bonchev–Trinajstić information content (AvgIpc) is 2.61. The van der Waals surface area contributed by atoms with Gasteiger partial charge in [0.25, 0.3) is 0 Å².